The average molecular weight is 436 g/mol. The van der Waals surface area contributed by atoms with Crippen LogP contribution in [-0.2, 0) is 14.3 Å². The summed E-state index contributed by atoms with van der Waals surface area (Å²) in [7, 11) is 0. The fourth-order valence-corrected chi connectivity index (χ4v) is 4.76. The van der Waals surface area contributed by atoms with Gasteiger partial charge in [0.2, 0.25) is 0 Å². The quantitative estimate of drug-likeness (QED) is 0.616. The highest BCUT2D eigenvalue weighted by Crippen LogP contribution is 2.46. The van der Waals surface area contributed by atoms with Crippen LogP contribution in [0.2, 0.25) is 5.02 Å². The SMILES string of the molecule is CCCOC(=O)C1=C(C)NC2=C(C(=O)CC(c3ccccc3)C2)C1c1cccc(Cl)c1. The van der Waals surface area contributed by atoms with Crippen molar-refractivity contribution in [2.24, 2.45) is 0 Å². The van der Waals surface area contributed by atoms with Gasteiger partial charge in [0.15, 0.2) is 5.78 Å². The van der Waals surface area contributed by atoms with Crippen LogP contribution in [0.15, 0.2) is 77.1 Å². The topological polar surface area (TPSA) is 55.4 Å². The molecule has 2 aromatic rings. The summed E-state index contributed by atoms with van der Waals surface area (Å²) >= 11 is 6.28. The number of esters is 1. The molecule has 1 N–H and O–H groups in total. The Balaban J connectivity index is 1.79. The van der Waals surface area contributed by atoms with Crippen molar-refractivity contribution in [1.29, 1.82) is 0 Å². The zero-order valence-corrected chi connectivity index (χ0v) is 18.5. The number of allylic oxidation sites excluding steroid dienone is 3. The number of ether oxygens (including phenoxy) is 1. The number of nitrogens with one attached hydrogen (secondary N) is 1. The van der Waals surface area contributed by atoms with E-state index in [0.717, 1.165) is 35.4 Å². The summed E-state index contributed by atoms with van der Waals surface area (Å²) in [5, 5.41) is 3.95. The van der Waals surface area contributed by atoms with Crippen LogP contribution in [0.1, 0.15) is 56.1 Å². The zero-order chi connectivity index (χ0) is 22.0. The number of halogens is 1. The first-order chi connectivity index (χ1) is 15.0. The van der Waals surface area contributed by atoms with Crippen molar-refractivity contribution in [3.8, 4) is 0 Å². The lowest BCUT2D eigenvalue weighted by Gasteiger charge is -2.36. The van der Waals surface area contributed by atoms with Gasteiger partial charge in [-0.1, -0.05) is 61.0 Å². The van der Waals surface area contributed by atoms with Gasteiger partial charge in [-0.15, -0.1) is 0 Å². The maximum atomic E-state index is 13.5. The number of dihydropyridines is 1. The smallest absolute Gasteiger partial charge is 0.336 e. The summed E-state index contributed by atoms with van der Waals surface area (Å²) in [6.45, 7) is 4.17. The van der Waals surface area contributed by atoms with Crippen LogP contribution < -0.4 is 5.32 Å². The van der Waals surface area contributed by atoms with E-state index in [4.69, 9.17) is 16.3 Å². The molecule has 5 heteroatoms. The molecule has 2 aromatic carbocycles. The lowest BCUT2D eigenvalue weighted by Crippen LogP contribution is -2.36. The molecule has 0 saturated heterocycles. The number of hydrogen-bond acceptors (Lipinski definition) is 4. The molecule has 0 spiro atoms. The first kappa shape index (κ1) is 21.4. The number of Topliss-reactive ketones (excluding diaryl/α,β-unsaturated/α-hetero) is 1. The van der Waals surface area contributed by atoms with E-state index in [-0.39, 0.29) is 17.7 Å². The maximum Gasteiger partial charge on any atom is 0.336 e. The van der Waals surface area contributed by atoms with E-state index in [9.17, 15) is 9.59 Å². The van der Waals surface area contributed by atoms with Gasteiger partial charge in [0.1, 0.15) is 0 Å². The van der Waals surface area contributed by atoms with Gasteiger partial charge in [-0.05, 0) is 48.9 Å². The molecule has 4 nitrogen and oxygen atoms in total. The summed E-state index contributed by atoms with van der Waals surface area (Å²) in [5.74, 6) is -0.702. The Bertz CT molecular complexity index is 1070. The average Bonchev–Trinajstić information content (AvgIpc) is 2.77. The lowest BCUT2D eigenvalue weighted by molar-refractivity contribution is -0.139. The Morgan fingerprint density at radius 3 is 2.55 bits per heavy atom. The van der Waals surface area contributed by atoms with Crippen molar-refractivity contribution in [3.63, 3.8) is 0 Å². The van der Waals surface area contributed by atoms with Crippen LogP contribution in [0.4, 0.5) is 0 Å². The van der Waals surface area contributed by atoms with Crippen molar-refractivity contribution >= 4 is 23.4 Å². The minimum Gasteiger partial charge on any atom is -0.462 e. The molecule has 0 fully saturated rings. The van der Waals surface area contributed by atoms with Crippen LogP contribution in [-0.4, -0.2) is 18.4 Å². The summed E-state index contributed by atoms with van der Waals surface area (Å²) in [6, 6.07) is 17.5. The number of hydrogen-bond donors (Lipinski definition) is 1. The van der Waals surface area contributed by atoms with Gasteiger partial charge in [0.25, 0.3) is 0 Å². The summed E-state index contributed by atoms with van der Waals surface area (Å²) < 4.78 is 5.48. The molecule has 0 radical (unpaired) electrons. The number of rotatable bonds is 5. The number of ketones is 1. The first-order valence-corrected chi connectivity index (χ1v) is 11.1. The van der Waals surface area contributed by atoms with Gasteiger partial charge >= 0.3 is 5.97 Å². The standard InChI is InChI=1S/C26H26ClNO3/c1-3-12-31-26(30)23-16(2)28-21-14-19(17-8-5-4-6-9-17)15-22(29)25(21)24(23)18-10-7-11-20(27)13-18/h4-11,13,19,24,28H,3,12,14-15H2,1-2H3. The Kier molecular flexibility index (Phi) is 6.28. The van der Waals surface area contributed by atoms with E-state index in [1.54, 1.807) is 6.07 Å². The van der Waals surface area contributed by atoms with Gasteiger partial charge in [0, 0.05) is 34.3 Å². The van der Waals surface area contributed by atoms with Crippen LogP contribution >= 0.6 is 11.6 Å². The van der Waals surface area contributed by atoms with Gasteiger partial charge in [-0.2, -0.15) is 0 Å². The fraction of sp³-hybridized carbons (Fsp3) is 0.308. The first-order valence-electron chi connectivity index (χ1n) is 10.7. The third-order valence-electron chi connectivity index (χ3n) is 5.94. The van der Waals surface area contributed by atoms with Gasteiger partial charge < -0.3 is 10.1 Å². The van der Waals surface area contributed by atoms with E-state index < -0.39 is 5.92 Å². The predicted molar refractivity (Wildman–Crippen MR) is 122 cm³/mol. The van der Waals surface area contributed by atoms with Gasteiger partial charge in [0.05, 0.1) is 12.2 Å². The molecule has 4 rings (SSSR count). The number of carbonyl (C=O) groups is 2. The Hall–Kier alpha value is -2.85. The largest absolute Gasteiger partial charge is 0.462 e. The predicted octanol–water partition coefficient (Wildman–Crippen LogP) is 5.65. The van der Waals surface area contributed by atoms with Gasteiger partial charge in [-0.25, -0.2) is 4.79 Å². The molecule has 31 heavy (non-hydrogen) atoms. The second-order valence-corrected chi connectivity index (χ2v) is 8.56. The molecule has 0 saturated carbocycles. The highest BCUT2D eigenvalue weighted by Gasteiger charge is 2.41. The van der Waals surface area contributed by atoms with E-state index in [1.807, 2.05) is 50.2 Å². The van der Waals surface area contributed by atoms with E-state index >= 15 is 0 Å². The van der Waals surface area contributed by atoms with Crippen LogP contribution in [0, 0.1) is 0 Å². The van der Waals surface area contributed by atoms with Crippen molar-refractivity contribution in [1.82, 2.24) is 5.32 Å². The molecule has 1 aliphatic heterocycles. The Morgan fingerprint density at radius 1 is 1.10 bits per heavy atom. The zero-order valence-electron chi connectivity index (χ0n) is 17.8. The molecular formula is C26H26ClNO3. The second kappa shape index (κ2) is 9.11. The minimum atomic E-state index is -0.483. The van der Waals surface area contributed by atoms with Crippen molar-refractivity contribution < 1.29 is 14.3 Å². The molecule has 2 unspecified atom stereocenters. The summed E-state index contributed by atoms with van der Waals surface area (Å²) in [5.41, 5.74) is 4.74. The van der Waals surface area contributed by atoms with E-state index in [1.165, 1.54) is 0 Å². The maximum absolute atomic E-state index is 13.5. The lowest BCUT2D eigenvalue weighted by atomic mass is 9.72. The van der Waals surface area contributed by atoms with Crippen molar-refractivity contribution in [2.75, 3.05) is 6.61 Å². The molecule has 0 bridgehead atoms. The Morgan fingerprint density at radius 2 is 1.84 bits per heavy atom. The number of carbonyl (C=O) groups excluding carboxylic acids is 2. The third kappa shape index (κ3) is 4.31. The monoisotopic (exact) mass is 435 g/mol. The highest BCUT2D eigenvalue weighted by atomic mass is 35.5. The Labute approximate surface area is 187 Å². The van der Waals surface area contributed by atoms with E-state index in [0.29, 0.717) is 29.2 Å². The molecule has 160 valence electrons. The molecule has 0 aromatic heterocycles. The van der Waals surface area contributed by atoms with Crippen LogP contribution in [0.5, 0.6) is 0 Å². The summed E-state index contributed by atoms with van der Waals surface area (Å²) in [6.07, 6.45) is 1.87. The highest BCUT2D eigenvalue weighted by molar-refractivity contribution is 6.30. The van der Waals surface area contributed by atoms with Crippen LogP contribution in [0.25, 0.3) is 0 Å². The fourth-order valence-electron chi connectivity index (χ4n) is 4.56. The minimum absolute atomic E-state index is 0.0564. The van der Waals surface area contributed by atoms with Gasteiger partial charge in [-0.3, -0.25) is 4.79 Å². The second-order valence-electron chi connectivity index (χ2n) is 8.12. The molecule has 1 aliphatic carbocycles. The third-order valence-corrected chi connectivity index (χ3v) is 6.17. The molecular weight excluding hydrogens is 410 g/mol. The molecule has 1 heterocycles. The molecule has 2 atom stereocenters. The number of benzene rings is 2. The van der Waals surface area contributed by atoms with Crippen LogP contribution in [0.3, 0.4) is 0 Å². The molecule has 2 aliphatic rings. The molecule has 0 amide bonds. The van der Waals surface area contributed by atoms with Crippen molar-refractivity contribution in [2.45, 2.75) is 44.9 Å². The summed E-state index contributed by atoms with van der Waals surface area (Å²) in [4.78, 5) is 26.5. The normalized spacial score (nSPS) is 20.9. The van der Waals surface area contributed by atoms with E-state index in [2.05, 4.69) is 17.4 Å². The van der Waals surface area contributed by atoms with Crippen molar-refractivity contribution in [3.05, 3.63) is 93.3 Å².